The molecule has 1 rings (SSSR count). The molecule has 0 aromatic heterocycles. The van der Waals surface area contributed by atoms with Gasteiger partial charge in [0.05, 0.1) is 0 Å². The minimum atomic E-state index is 0.846. The molecule has 0 bridgehead atoms. The highest BCUT2D eigenvalue weighted by molar-refractivity contribution is 5.15. The Morgan fingerprint density at radius 1 is 0.700 bits per heavy atom. The zero-order valence-corrected chi connectivity index (χ0v) is 14.7. The van der Waals surface area contributed by atoms with E-state index < -0.39 is 0 Å². The van der Waals surface area contributed by atoms with Gasteiger partial charge >= 0.3 is 0 Å². The van der Waals surface area contributed by atoms with Crippen LogP contribution < -0.4 is 0 Å². The summed E-state index contributed by atoms with van der Waals surface area (Å²) in [7, 11) is 0. The number of hydrogen-bond acceptors (Lipinski definition) is 2. The Morgan fingerprint density at radius 2 is 1.00 bits per heavy atom. The molecule has 2 atom stereocenters. The monoisotopic (exact) mass is 280 g/mol. The zero-order chi connectivity index (χ0) is 15.1. The van der Waals surface area contributed by atoms with Crippen LogP contribution >= 0.6 is 0 Å². The van der Waals surface area contributed by atoms with E-state index in [-0.39, 0.29) is 0 Å². The second kappa shape index (κ2) is 8.84. The lowest BCUT2D eigenvalue weighted by Gasteiger charge is -2.38. The smallest absolute Gasteiger partial charge is 0.00157 e. The Hall–Kier alpha value is -0.340. The first-order valence-corrected chi connectivity index (χ1v) is 8.65. The van der Waals surface area contributed by atoms with Gasteiger partial charge in [0.25, 0.3) is 0 Å². The van der Waals surface area contributed by atoms with Crippen molar-refractivity contribution in [3.63, 3.8) is 0 Å². The second-order valence-corrected chi connectivity index (χ2v) is 6.46. The average Bonchev–Trinajstić information content (AvgIpc) is 2.46. The Balaban J connectivity index is 2.75. The van der Waals surface area contributed by atoms with Gasteiger partial charge in [0.1, 0.15) is 0 Å². The van der Waals surface area contributed by atoms with Crippen LogP contribution in [0.3, 0.4) is 0 Å². The molecular weight excluding hydrogens is 244 g/mol. The van der Waals surface area contributed by atoms with Crippen LogP contribution in [0.2, 0.25) is 0 Å². The molecular formula is C18H36N2. The van der Waals surface area contributed by atoms with Gasteiger partial charge in [-0.25, -0.2) is 0 Å². The standard InChI is InChI=1S/C18H36N2/c1-7-19(8-2)13-17-11-15(5)16(6)12-18(17)14-20(9-3)10-4/h17-18H,7-14H2,1-6H3/t17-,18-/m1/s1. The molecule has 0 aromatic carbocycles. The quantitative estimate of drug-likeness (QED) is 0.619. The number of nitrogens with zero attached hydrogens (tertiary/aromatic N) is 2. The molecule has 0 saturated heterocycles. The first-order valence-electron chi connectivity index (χ1n) is 8.65. The molecule has 0 radical (unpaired) electrons. The summed E-state index contributed by atoms with van der Waals surface area (Å²) >= 11 is 0. The van der Waals surface area contributed by atoms with Gasteiger partial charge in [0, 0.05) is 13.1 Å². The Labute approximate surface area is 127 Å². The number of hydrogen-bond donors (Lipinski definition) is 0. The van der Waals surface area contributed by atoms with Crippen LogP contribution in [0, 0.1) is 11.8 Å². The minimum Gasteiger partial charge on any atom is -0.304 e. The van der Waals surface area contributed by atoms with Crippen molar-refractivity contribution in [2.24, 2.45) is 11.8 Å². The van der Waals surface area contributed by atoms with Crippen LogP contribution in [-0.4, -0.2) is 49.1 Å². The van der Waals surface area contributed by atoms with E-state index in [0.717, 1.165) is 11.8 Å². The van der Waals surface area contributed by atoms with Gasteiger partial charge in [0.15, 0.2) is 0 Å². The predicted octanol–water partition coefficient (Wildman–Crippen LogP) is 4.03. The second-order valence-electron chi connectivity index (χ2n) is 6.46. The molecule has 20 heavy (non-hydrogen) atoms. The molecule has 0 heterocycles. The minimum absolute atomic E-state index is 0.846. The Kier molecular flexibility index (Phi) is 7.83. The van der Waals surface area contributed by atoms with Crippen molar-refractivity contribution in [3.8, 4) is 0 Å². The van der Waals surface area contributed by atoms with E-state index in [1.165, 1.54) is 52.1 Å². The first kappa shape index (κ1) is 17.7. The highest BCUT2D eigenvalue weighted by Gasteiger charge is 2.29. The fourth-order valence-corrected chi connectivity index (χ4v) is 3.52. The third-order valence-corrected chi connectivity index (χ3v) is 5.31. The molecule has 0 fully saturated rings. The maximum atomic E-state index is 2.60. The molecule has 2 nitrogen and oxygen atoms in total. The fraction of sp³-hybridized carbons (Fsp3) is 0.889. The molecule has 0 aliphatic heterocycles. The van der Waals surface area contributed by atoms with Crippen molar-refractivity contribution in [3.05, 3.63) is 11.1 Å². The van der Waals surface area contributed by atoms with E-state index in [4.69, 9.17) is 0 Å². The summed E-state index contributed by atoms with van der Waals surface area (Å²) in [5.41, 5.74) is 3.30. The van der Waals surface area contributed by atoms with Crippen molar-refractivity contribution in [1.29, 1.82) is 0 Å². The van der Waals surface area contributed by atoms with Crippen LogP contribution in [0.25, 0.3) is 0 Å². The summed E-state index contributed by atoms with van der Waals surface area (Å²) in [6.07, 6.45) is 2.63. The van der Waals surface area contributed by atoms with Crippen LogP contribution in [-0.2, 0) is 0 Å². The zero-order valence-electron chi connectivity index (χ0n) is 14.7. The molecule has 118 valence electrons. The van der Waals surface area contributed by atoms with E-state index in [9.17, 15) is 0 Å². The summed E-state index contributed by atoms with van der Waals surface area (Å²) in [4.78, 5) is 5.21. The van der Waals surface area contributed by atoms with Crippen LogP contribution in [0.15, 0.2) is 11.1 Å². The summed E-state index contributed by atoms with van der Waals surface area (Å²) in [6.45, 7) is 21.2. The molecule has 0 N–H and O–H groups in total. The summed E-state index contributed by atoms with van der Waals surface area (Å²) in [5, 5.41) is 0. The van der Waals surface area contributed by atoms with Crippen molar-refractivity contribution >= 4 is 0 Å². The third kappa shape index (κ3) is 4.89. The van der Waals surface area contributed by atoms with E-state index in [1.807, 2.05) is 0 Å². The lowest BCUT2D eigenvalue weighted by atomic mass is 9.76. The maximum Gasteiger partial charge on any atom is 0.00157 e. The third-order valence-electron chi connectivity index (χ3n) is 5.31. The number of rotatable bonds is 8. The predicted molar refractivity (Wildman–Crippen MR) is 90.2 cm³/mol. The van der Waals surface area contributed by atoms with Gasteiger partial charge in [-0.3, -0.25) is 0 Å². The Morgan fingerprint density at radius 3 is 1.25 bits per heavy atom. The number of allylic oxidation sites excluding steroid dienone is 2. The van der Waals surface area contributed by atoms with E-state index in [1.54, 1.807) is 11.1 Å². The molecule has 2 heteroatoms. The fourth-order valence-electron chi connectivity index (χ4n) is 3.52. The molecule has 0 spiro atoms. The van der Waals surface area contributed by atoms with Gasteiger partial charge in [-0.2, -0.15) is 0 Å². The van der Waals surface area contributed by atoms with Crippen LogP contribution in [0.5, 0.6) is 0 Å². The molecule has 0 saturated carbocycles. The first-order chi connectivity index (χ1) is 9.55. The summed E-state index contributed by atoms with van der Waals surface area (Å²) < 4.78 is 0. The lowest BCUT2D eigenvalue weighted by molar-refractivity contribution is 0.149. The van der Waals surface area contributed by atoms with Crippen molar-refractivity contribution in [1.82, 2.24) is 9.80 Å². The average molecular weight is 280 g/mol. The van der Waals surface area contributed by atoms with Crippen molar-refractivity contribution < 1.29 is 0 Å². The SMILES string of the molecule is CCN(CC)C[C@H]1CC(C)=C(C)C[C@@H]1CN(CC)CC. The van der Waals surface area contributed by atoms with Crippen molar-refractivity contribution in [2.75, 3.05) is 39.3 Å². The van der Waals surface area contributed by atoms with Gasteiger partial charge in [-0.15, -0.1) is 0 Å². The van der Waals surface area contributed by atoms with Crippen LogP contribution in [0.1, 0.15) is 54.4 Å². The van der Waals surface area contributed by atoms with Gasteiger partial charge in [-0.1, -0.05) is 38.8 Å². The van der Waals surface area contributed by atoms with Gasteiger partial charge in [0.2, 0.25) is 0 Å². The lowest BCUT2D eigenvalue weighted by Crippen LogP contribution is -2.40. The molecule has 0 unspecified atom stereocenters. The molecule has 1 aliphatic rings. The Bertz CT molecular complexity index is 271. The van der Waals surface area contributed by atoms with Gasteiger partial charge < -0.3 is 9.80 Å². The van der Waals surface area contributed by atoms with Crippen molar-refractivity contribution in [2.45, 2.75) is 54.4 Å². The topological polar surface area (TPSA) is 6.48 Å². The summed E-state index contributed by atoms with van der Waals surface area (Å²) in [5.74, 6) is 1.69. The normalized spacial score (nSPS) is 24.0. The van der Waals surface area contributed by atoms with Crippen LogP contribution in [0.4, 0.5) is 0 Å². The summed E-state index contributed by atoms with van der Waals surface area (Å²) in [6, 6.07) is 0. The largest absolute Gasteiger partial charge is 0.304 e. The van der Waals surface area contributed by atoms with E-state index in [0.29, 0.717) is 0 Å². The maximum absolute atomic E-state index is 2.60. The van der Waals surface area contributed by atoms with E-state index >= 15 is 0 Å². The van der Waals surface area contributed by atoms with E-state index in [2.05, 4.69) is 51.3 Å². The molecule has 0 amide bonds. The highest BCUT2D eigenvalue weighted by atomic mass is 15.1. The molecule has 0 aromatic rings. The highest BCUT2D eigenvalue weighted by Crippen LogP contribution is 2.35. The van der Waals surface area contributed by atoms with Gasteiger partial charge in [-0.05, 0) is 64.7 Å². The molecule has 1 aliphatic carbocycles.